The molecule has 1 aromatic heterocycles. The van der Waals surface area contributed by atoms with E-state index < -0.39 is 12.0 Å². The van der Waals surface area contributed by atoms with Crippen LogP contribution in [-0.2, 0) is 9.53 Å². The first-order valence-electron chi connectivity index (χ1n) is 7.23. The minimum absolute atomic E-state index is 0.251. The fraction of sp³-hybridized carbons (Fsp3) is 0.400. The Morgan fingerprint density at radius 2 is 1.96 bits per heavy atom. The molecule has 0 radical (unpaired) electrons. The zero-order chi connectivity index (χ0) is 16.8. The number of rotatable bonds is 6. The molecule has 0 aliphatic rings. The lowest BCUT2D eigenvalue weighted by molar-refractivity contribution is -0.143. The summed E-state index contributed by atoms with van der Waals surface area (Å²) in [4.78, 5) is 24.1. The Bertz CT molecular complexity index is 652. The number of methoxy groups -OCH3 is 1. The molecule has 8 heteroatoms. The van der Waals surface area contributed by atoms with E-state index in [0.29, 0.717) is 12.0 Å². The lowest BCUT2D eigenvalue weighted by Crippen LogP contribution is -2.42. The molecule has 1 unspecified atom stereocenters. The van der Waals surface area contributed by atoms with Crippen molar-refractivity contribution in [2.45, 2.75) is 26.3 Å². The van der Waals surface area contributed by atoms with Crippen LogP contribution in [0.1, 0.15) is 30.6 Å². The number of hydrogen-bond acceptors (Lipinski definition) is 6. The SMILES string of the molecule is COC(=O)C(CC(C)C)NC(=O)c1ccc(-n2cnnn2)cc1. The highest BCUT2D eigenvalue weighted by Crippen LogP contribution is 2.10. The van der Waals surface area contributed by atoms with Crippen LogP contribution >= 0.6 is 0 Å². The Morgan fingerprint density at radius 3 is 2.48 bits per heavy atom. The van der Waals surface area contributed by atoms with Gasteiger partial charge in [0.2, 0.25) is 0 Å². The molecule has 0 aliphatic carbocycles. The van der Waals surface area contributed by atoms with Gasteiger partial charge in [-0.3, -0.25) is 4.79 Å². The van der Waals surface area contributed by atoms with Gasteiger partial charge in [0.15, 0.2) is 0 Å². The number of ether oxygens (including phenoxy) is 1. The summed E-state index contributed by atoms with van der Waals surface area (Å²) in [5.41, 5.74) is 1.18. The van der Waals surface area contributed by atoms with Crippen molar-refractivity contribution < 1.29 is 14.3 Å². The first kappa shape index (κ1) is 16.6. The molecular weight excluding hydrogens is 298 g/mol. The smallest absolute Gasteiger partial charge is 0.328 e. The van der Waals surface area contributed by atoms with Gasteiger partial charge in [0, 0.05) is 5.56 Å². The molecule has 0 bridgehead atoms. The Hall–Kier alpha value is -2.77. The molecule has 1 atom stereocenters. The van der Waals surface area contributed by atoms with Gasteiger partial charge in [-0.05, 0) is 47.0 Å². The molecule has 2 rings (SSSR count). The average molecular weight is 317 g/mol. The van der Waals surface area contributed by atoms with E-state index in [0.717, 1.165) is 5.69 Å². The van der Waals surface area contributed by atoms with Crippen LogP contribution in [0.3, 0.4) is 0 Å². The molecule has 1 aromatic carbocycles. The summed E-state index contributed by atoms with van der Waals surface area (Å²) >= 11 is 0. The van der Waals surface area contributed by atoms with Crippen molar-refractivity contribution in [2.75, 3.05) is 7.11 Å². The summed E-state index contributed by atoms with van der Waals surface area (Å²) in [6.45, 7) is 3.95. The quantitative estimate of drug-likeness (QED) is 0.797. The summed E-state index contributed by atoms with van der Waals surface area (Å²) in [5.74, 6) is -0.525. The highest BCUT2D eigenvalue weighted by atomic mass is 16.5. The lowest BCUT2D eigenvalue weighted by atomic mass is 10.0. The third-order valence-electron chi connectivity index (χ3n) is 3.24. The number of aromatic nitrogens is 4. The zero-order valence-electron chi connectivity index (χ0n) is 13.3. The predicted molar refractivity (Wildman–Crippen MR) is 81.9 cm³/mol. The second-order valence-corrected chi connectivity index (χ2v) is 5.48. The van der Waals surface area contributed by atoms with Crippen LogP contribution < -0.4 is 5.32 Å². The van der Waals surface area contributed by atoms with Gasteiger partial charge in [-0.15, -0.1) is 5.10 Å². The molecule has 122 valence electrons. The number of hydrogen-bond donors (Lipinski definition) is 1. The summed E-state index contributed by atoms with van der Waals surface area (Å²) < 4.78 is 6.22. The molecule has 0 spiro atoms. The largest absolute Gasteiger partial charge is 0.467 e. The maximum Gasteiger partial charge on any atom is 0.328 e. The van der Waals surface area contributed by atoms with E-state index in [9.17, 15) is 9.59 Å². The molecule has 8 nitrogen and oxygen atoms in total. The number of carbonyl (C=O) groups is 2. The normalized spacial score (nSPS) is 12.0. The van der Waals surface area contributed by atoms with Crippen LogP contribution in [0.25, 0.3) is 5.69 Å². The van der Waals surface area contributed by atoms with Crippen LogP contribution in [0.2, 0.25) is 0 Å². The molecule has 0 aliphatic heterocycles. The molecule has 1 amide bonds. The molecule has 23 heavy (non-hydrogen) atoms. The third kappa shape index (κ3) is 4.35. The predicted octanol–water partition coefficient (Wildman–Crippen LogP) is 0.980. The van der Waals surface area contributed by atoms with Crippen LogP contribution in [0.15, 0.2) is 30.6 Å². The fourth-order valence-corrected chi connectivity index (χ4v) is 2.11. The van der Waals surface area contributed by atoms with Crippen LogP contribution in [-0.4, -0.2) is 45.2 Å². The molecule has 2 aromatic rings. The summed E-state index contributed by atoms with van der Waals surface area (Å²) in [6.07, 6.45) is 1.98. The van der Waals surface area contributed by atoms with E-state index in [1.807, 2.05) is 13.8 Å². The van der Waals surface area contributed by atoms with Crippen molar-refractivity contribution in [3.05, 3.63) is 36.2 Å². The van der Waals surface area contributed by atoms with Crippen LogP contribution in [0.5, 0.6) is 0 Å². The van der Waals surface area contributed by atoms with E-state index in [4.69, 9.17) is 4.74 Å². The van der Waals surface area contributed by atoms with Gasteiger partial charge in [-0.1, -0.05) is 13.8 Å². The van der Waals surface area contributed by atoms with Gasteiger partial charge in [-0.2, -0.15) is 0 Å². The number of carbonyl (C=O) groups excluding carboxylic acids is 2. The van der Waals surface area contributed by atoms with Crippen molar-refractivity contribution >= 4 is 11.9 Å². The fourth-order valence-electron chi connectivity index (χ4n) is 2.11. The first-order valence-corrected chi connectivity index (χ1v) is 7.23. The highest BCUT2D eigenvalue weighted by molar-refractivity contribution is 5.96. The monoisotopic (exact) mass is 317 g/mol. The van der Waals surface area contributed by atoms with Crippen LogP contribution in [0, 0.1) is 5.92 Å². The van der Waals surface area contributed by atoms with E-state index >= 15 is 0 Å². The van der Waals surface area contributed by atoms with Crippen molar-refractivity contribution in [3.8, 4) is 5.69 Å². The van der Waals surface area contributed by atoms with E-state index in [1.54, 1.807) is 24.3 Å². The molecule has 1 N–H and O–H groups in total. The van der Waals surface area contributed by atoms with E-state index in [1.165, 1.54) is 18.1 Å². The molecule has 1 heterocycles. The zero-order valence-corrected chi connectivity index (χ0v) is 13.3. The van der Waals surface area contributed by atoms with Crippen molar-refractivity contribution in [2.24, 2.45) is 5.92 Å². The Labute approximate surface area is 133 Å². The molecule has 0 fully saturated rings. The average Bonchev–Trinajstić information content (AvgIpc) is 3.07. The number of nitrogens with zero attached hydrogens (tertiary/aromatic N) is 4. The summed E-state index contributed by atoms with van der Waals surface area (Å²) in [5, 5.41) is 13.6. The first-order chi connectivity index (χ1) is 11.0. The Balaban J connectivity index is 2.08. The minimum Gasteiger partial charge on any atom is -0.467 e. The molecular formula is C15H19N5O3. The van der Waals surface area contributed by atoms with Crippen molar-refractivity contribution in [1.29, 1.82) is 0 Å². The topological polar surface area (TPSA) is 99.0 Å². The van der Waals surface area contributed by atoms with E-state index in [2.05, 4.69) is 20.8 Å². The second-order valence-electron chi connectivity index (χ2n) is 5.48. The number of tetrazole rings is 1. The lowest BCUT2D eigenvalue weighted by Gasteiger charge is -2.18. The maximum absolute atomic E-state index is 12.3. The summed E-state index contributed by atoms with van der Waals surface area (Å²) in [7, 11) is 1.31. The standard InChI is InChI=1S/C15H19N5O3/c1-10(2)8-13(15(22)23-3)17-14(21)11-4-6-12(7-5-11)20-9-16-18-19-20/h4-7,9-10,13H,8H2,1-3H3,(H,17,21). The van der Waals surface area contributed by atoms with Gasteiger partial charge in [0.05, 0.1) is 12.8 Å². The molecule has 0 saturated carbocycles. The summed E-state index contributed by atoms with van der Waals surface area (Å²) in [6, 6.07) is 6.08. The second kappa shape index (κ2) is 7.48. The van der Waals surface area contributed by atoms with E-state index in [-0.39, 0.29) is 11.8 Å². The molecule has 0 saturated heterocycles. The number of benzene rings is 1. The third-order valence-corrected chi connectivity index (χ3v) is 3.24. The van der Waals surface area contributed by atoms with Gasteiger partial charge in [0.1, 0.15) is 12.4 Å². The number of nitrogens with one attached hydrogen (secondary N) is 1. The Morgan fingerprint density at radius 1 is 1.26 bits per heavy atom. The maximum atomic E-state index is 12.3. The number of esters is 1. The minimum atomic E-state index is -0.660. The Kier molecular flexibility index (Phi) is 5.40. The van der Waals surface area contributed by atoms with Gasteiger partial charge in [0.25, 0.3) is 5.91 Å². The van der Waals surface area contributed by atoms with Crippen molar-refractivity contribution in [3.63, 3.8) is 0 Å². The van der Waals surface area contributed by atoms with Gasteiger partial charge >= 0.3 is 5.97 Å². The highest BCUT2D eigenvalue weighted by Gasteiger charge is 2.23. The van der Waals surface area contributed by atoms with Crippen LogP contribution in [0.4, 0.5) is 0 Å². The van der Waals surface area contributed by atoms with Crippen molar-refractivity contribution in [1.82, 2.24) is 25.5 Å². The number of amides is 1. The van der Waals surface area contributed by atoms with Gasteiger partial charge in [-0.25, -0.2) is 9.48 Å². The van der Waals surface area contributed by atoms with Gasteiger partial charge < -0.3 is 10.1 Å².